The third-order valence-electron chi connectivity index (χ3n) is 9.11. The van der Waals surface area contributed by atoms with E-state index in [2.05, 4.69) is 86.0 Å². The number of benzene rings is 1. The highest BCUT2D eigenvalue weighted by Gasteiger charge is 2.52. The van der Waals surface area contributed by atoms with Gasteiger partial charge in [0, 0.05) is 42.0 Å². The molecule has 0 saturated heterocycles. The van der Waals surface area contributed by atoms with Crippen LogP contribution >= 0.6 is 0 Å². The largest absolute Gasteiger partial charge is 0.367 e. The van der Waals surface area contributed by atoms with Gasteiger partial charge in [-0.25, -0.2) is 0 Å². The van der Waals surface area contributed by atoms with Crippen molar-refractivity contribution in [3.63, 3.8) is 0 Å². The lowest BCUT2D eigenvalue weighted by Gasteiger charge is -2.43. The zero-order chi connectivity index (χ0) is 22.3. The van der Waals surface area contributed by atoms with E-state index in [0.29, 0.717) is 6.04 Å². The Labute approximate surface area is 195 Å². The van der Waals surface area contributed by atoms with Gasteiger partial charge in [-0.3, -0.25) is 0 Å². The number of fused-ring (bicyclic) bond motifs is 2. The monoisotopic (exact) mass is 428 g/mol. The Kier molecular flexibility index (Phi) is 5.60. The number of likely N-dealkylation sites (N-methyl/N-ethyl adjacent to an activating group) is 2. The summed E-state index contributed by atoms with van der Waals surface area (Å²) in [6.07, 6.45) is 22.6. The lowest BCUT2D eigenvalue weighted by atomic mass is 9.64. The molecule has 4 aliphatic rings. The van der Waals surface area contributed by atoms with Crippen molar-refractivity contribution < 1.29 is 0 Å². The summed E-state index contributed by atoms with van der Waals surface area (Å²) in [6, 6.07) is 9.66. The summed E-state index contributed by atoms with van der Waals surface area (Å²) in [7, 11) is 4.63. The van der Waals surface area contributed by atoms with E-state index in [1.807, 2.05) is 0 Å². The second-order valence-corrected chi connectivity index (χ2v) is 10.5. The number of allylic oxidation sites excluding steroid dienone is 4. The van der Waals surface area contributed by atoms with Crippen LogP contribution in [0.3, 0.4) is 0 Å². The molecule has 0 radical (unpaired) electrons. The van der Waals surface area contributed by atoms with Crippen molar-refractivity contribution >= 4 is 5.69 Å². The molecule has 2 fully saturated rings. The fourth-order valence-electron chi connectivity index (χ4n) is 7.68. The number of hydrogen-bond acceptors (Lipinski definition) is 2. The van der Waals surface area contributed by atoms with Gasteiger partial charge in [-0.1, -0.05) is 75.5 Å². The number of rotatable bonds is 3. The van der Waals surface area contributed by atoms with E-state index in [1.54, 1.807) is 5.56 Å². The van der Waals surface area contributed by atoms with Gasteiger partial charge in [0.05, 0.1) is 6.04 Å². The van der Waals surface area contributed by atoms with Crippen molar-refractivity contribution in [2.24, 2.45) is 5.41 Å². The van der Waals surface area contributed by atoms with Gasteiger partial charge in [0.15, 0.2) is 0 Å². The quantitative estimate of drug-likeness (QED) is 0.492. The van der Waals surface area contributed by atoms with Gasteiger partial charge >= 0.3 is 0 Å². The van der Waals surface area contributed by atoms with Gasteiger partial charge in [0.25, 0.3) is 0 Å². The molecule has 1 aromatic carbocycles. The van der Waals surface area contributed by atoms with Crippen molar-refractivity contribution in [1.82, 2.24) is 4.90 Å². The first-order valence-electron chi connectivity index (χ1n) is 12.9. The SMILES string of the molecule is C=CC1=C(/C=C\C)N(C)/C(=C\C2N(C)c3ccccc3C23CCCCC3)C12CCCCC2. The highest BCUT2D eigenvalue weighted by Crippen LogP contribution is 2.58. The van der Waals surface area contributed by atoms with Crippen LogP contribution in [0.25, 0.3) is 0 Å². The molecule has 2 heterocycles. The van der Waals surface area contributed by atoms with E-state index >= 15 is 0 Å². The van der Waals surface area contributed by atoms with Crippen LogP contribution in [0, 0.1) is 5.41 Å². The lowest BCUT2D eigenvalue weighted by Crippen LogP contribution is -2.44. The Balaban J connectivity index is 1.67. The maximum Gasteiger partial charge on any atom is 0.0587 e. The predicted octanol–water partition coefficient (Wildman–Crippen LogP) is 7.50. The van der Waals surface area contributed by atoms with E-state index in [0.717, 1.165) is 0 Å². The molecule has 2 aliphatic heterocycles. The summed E-state index contributed by atoms with van der Waals surface area (Å²) in [6.45, 7) is 6.43. The van der Waals surface area contributed by atoms with Crippen LogP contribution < -0.4 is 4.90 Å². The average molecular weight is 429 g/mol. The van der Waals surface area contributed by atoms with Crippen LogP contribution in [0.4, 0.5) is 5.69 Å². The van der Waals surface area contributed by atoms with Crippen LogP contribution in [-0.4, -0.2) is 25.0 Å². The molecule has 0 amide bonds. The molecular weight excluding hydrogens is 388 g/mol. The van der Waals surface area contributed by atoms with Crippen molar-refractivity contribution in [2.75, 3.05) is 19.0 Å². The van der Waals surface area contributed by atoms with Crippen LogP contribution in [0.15, 0.2) is 72.1 Å². The van der Waals surface area contributed by atoms with Crippen molar-refractivity contribution in [1.29, 1.82) is 0 Å². The zero-order valence-electron chi connectivity index (χ0n) is 20.4. The molecule has 2 aliphatic carbocycles. The Hall–Kier alpha value is -2.22. The molecule has 2 heteroatoms. The van der Waals surface area contributed by atoms with Gasteiger partial charge in [0.1, 0.15) is 0 Å². The smallest absolute Gasteiger partial charge is 0.0587 e. The van der Waals surface area contributed by atoms with E-state index in [1.165, 1.54) is 86.9 Å². The molecular formula is C30H40N2. The minimum Gasteiger partial charge on any atom is -0.367 e. The van der Waals surface area contributed by atoms with E-state index < -0.39 is 0 Å². The molecule has 2 spiro atoms. The second-order valence-electron chi connectivity index (χ2n) is 10.5. The fourth-order valence-corrected chi connectivity index (χ4v) is 7.68. The summed E-state index contributed by atoms with van der Waals surface area (Å²) in [5.74, 6) is 0. The van der Waals surface area contributed by atoms with Crippen molar-refractivity contribution in [3.05, 3.63) is 77.7 Å². The number of para-hydroxylation sites is 1. The van der Waals surface area contributed by atoms with Crippen molar-refractivity contribution in [2.45, 2.75) is 82.6 Å². The van der Waals surface area contributed by atoms with E-state index in [-0.39, 0.29) is 10.8 Å². The minimum atomic E-state index is 0.134. The molecule has 0 aromatic heterocycles. The Morgan fingerprint density at radius 1 is 0.938 bits per heavy atom. The average Bonchev–Trinajstić information content (AvgIpc) is 3.17. The summed E-state index contributed by atoms with van der Waals surface area (Å²) in [5, 5.41) is 0. The summed E-state index contributed by atoms with van der Waals surface area (Å²) >= 11 is 0. The van der Waals surface area contributed by atoms with Gasteiger partial charge < -0.3 is 9.80 Å². The fraction of sp³-hybridized carbons (Fsp3) is 0.533. The molecule has 2 nitrogen and oxygen atoms in total. The highest BCUT2D eigenvalue weighted by atomic mass is 15.2. The zero-order valence-corrected chi connectivity index (χ0v) is 20.4. The molecule has 1 atom stereocenters. The highest BCUT2D eigenvalue weighted by molar-refractivity contribution is 5.66. The molecule has 0 bridgehead atoms. The van der Waals surface area contributed by atoms with Crippen LogP contribution in [-0.2, 0) is 5.41 Å². The van der Waals surface area contributed by atoms with Crippen LogP contribution in [0.5, 0.6) is 0 Å². The maximum absolute atomic E-state index is 4.30. The molecule has 1 aromatic rings. The number of hydrogen-bond donors (Lipinski definition) is 0. The Morgan fingerprint density at radius 2 is 1.59 bits per heavy atom. The Bertz CT molecular complexity index is 966. The normalized spacial score (nSPS) is 27.8. The summed E-state index contributed by atoms with van der Waals surface area (Å²) < 4.78 is 0. The molecule has 1 unspecified atom stereocenters. The topological polar surface area (TPSA) is 6.48 Å². The van der Waals surface area contributed by atoms with E-state index in [9.17, 15) is 0 Å². The molecule has 5 rings (SSSR count). The Morgan fingerprint density at radius 3 is 2.25 bits per heavy atom. The molecule has 170 valence electrons. The minimum absolute atomic E-state index is 0.134. The summed E-state index contributed by atoms with van der Waals surface area (Å²) in [5.41, 5.74) is 7.77. The molecule has 2 saturated carbocycles. The first-order valence-corrected chi connectivity index (χ1v) is 12.9. The first-order chi connectivity index (χ1) is 15.6. The second kappa shape index (κ2) is 8.28. The number of anilines is 1. The lowest BCUT2D eigenvalue weighted by molar-refractivity contribution is 0.257. The summed E-state index contributed by atoms with van der Waals surface area (Å²) in [4.78, 5) is 5.11. The first kappa shape index (κ1) is 21.6. The third-order valence-corrected chi connectivity index (χ3v) is 9.11. The van der Waals surface area contributed by atoms with E-state index in [4.69, 9.17) is 0 Å². The van der Waals surface area contributed by atoms with Gasteiger partial charge in [-0.2, -0.15) is 0 Å². The van der Waals surface area contributed by atoms with Gasteiger partial charge in [-0.15, -0.1) is 0 Å². The molecule has 32 heavy (non-hydrogen) atoms. The predicted molar refractivity (Wildman–Crippen MR) is 137 cm³/mol. The maximum atomic E-state index is 4.30. The van der Waals surface area contributed by atoms with Crippen molar-refractivity contribution in [3.8, 4) is 0 Å². The van der Waals surface area contributed by atoms with Gasteiger partial charge in [-0.05, 0) is 62.0 Å². The van der Waals surface area contributed by atoms with Crippen LogP contribution in [0.1, 0.15) is 76.7 Å². The van der Waals surface area contributed by atoms with Crippen LogP contribution in [0.2, 0.25) is 0 Å². The van der Waals surface area contributed by atoms with Gasteiger partial charge in [0.2, 0.25) is 0 Å². The number of nitrogens with zero attached hydrogens (tertiary/aromatic N) is 2. The molecule has 0 N–H and O–H groups in total. The third kappa shape index (κ3) is 2.98. The standard InChI is InChI=1S/C30H40N2/c1-5-15-25-23(6-2)29(18-11-7-12-19-29)27(31(25)3)22-28-30(20-13-8-14-21-30)24-16-9-10-17-26(24)32(28)4/h5-6,9-10,15-17,22,28H,2,7-8,11-14,18-21H2,1,3-4H3/b15-5-,27-22-.